The SMILES string of the molecule is COc1cc(OC)c(-c2nc(C)c(C(C)=O)s2)c(OC)c1. The average Bonchev–Trinajstić information content (AvgIpc) is 2.87. The van der Waals surface area contributed by atoms with Crippen molar-refractivity contribution in [2.24, 2.45) is 0 Å². The van der Waals surface area contributed by atoms with Crippen LogP contribution in [0.3, 0.4) is 0 Å². The average molecular weight is 307 g/mol. The number of aromatic nitrogens is 1. The van der Waals surface area contributed by atoms with Gasteiger partial charge in [-0.15, -0.1) is 11.3 Å². The molecule has 1 heterocycles. The molecule has 1 aromatic heterocycles. The number of carbonyl (C=O) groups excluding carboxylic acids is 1. The van der Waals surface area contributed by atoms with Crippen LogP contribution in [0.1, 0.15) is 22.3 Å². The molecule has 0 N–H and O–H groups in total. The van der Waals surface area contributed by atoms with Gasteiger partial charge in [0.05, 0.1) is 37.5 Å². The van der Waals surface area contributed by atoms with Gasteiger partial charge in [0.25, 0.3) is 0 Å². The van der Waals surface area contributed by atoms with Gasteiger partial charge in [-0.25, -0.2) is 4.98 Å². The number of benzene rings is 1. The van der Waals surface area contributed by atoms with E-state index in [0.717, 1.165) is 5.56 Å². The van der Waals surface area contributed by atoms with E-state index in [0.29, 0.717) is 32.8 Å². The minimum Gasteiger partial charge on any atom is -0.496 e. The highest BCUT2D eigenvalue weighted by atomic mass is 32.1. The number of Topliss-reactive ketones (excluding diaryl/α,β-unsaturated/α-hetero) is 1. The number of rotatable bonds is 5. The zero-order chi connectivity index (χ0) is 15.6. The summed E-state index contributed by atoms with van der Waals surface area (Å²) in [6, 6.07) is 3.53. The van der Waals surface area contributed by atoms with Crippen molar-refractivity contribution in [1.29, 1.82) is 0 Å². The Kier molecular flexibility index (Phi) is 4.47. The standard InChI is InChI=1S/C15H17NO4S/c1-8-14(9(2)17)21-15(16-8)13-11(19-4)6-10(18-3)7-12(13)20-5/h6-7H,1-5H3. The van der Waals surface area contributed by atoms with Crippen molar-refractivity contribution < 1.29 is 19.0 Å². The van der Waals surface area contributed by atoms with Crippen LogP contribution in [0, 0.1) is 6.92 Å². The Morgan fingerprint density at radius 1 is 1.10 bits per heavy atom. The van der Waals surface area contributed by atoms with Crippen LogP contribution in [0.5, 0.6) is 17.2 Å². The molecule has 112 valence electrons. The van der Waals surface area contributed by atoms with Crippen LogP contribution >= 0.6 is 11.3 Å². The maximum absolute atomic E-state index is 11.6. The Balaban J connectivity index is 2.67. The number of carbonyl (C=O) groups is 1. The first-order valence-electron chi connectivity index (χ1n) is 6.30. The predicted octanol–water partition coefficient (Wildman–Crippen LogP) is 3.35. The van der Waals surface area contributed by atoms with Crippen molar-refractivity contribution in [2.75, 3.05) is 21.3 Å². The summed E-state index contributed by atoms with van der Waals surface area (Å²) in [6.45, 7) is 3.35. The van der Waals surface area contributed by atoms with E-state index in [4.69, 9.17) is 14.2 Å². The first kappa shape index (κ1) is 15.3. The third-order valence-electron chi connectivity index (χ3n) is 3.05. The van der Waals surface area contributed by atoms with Crippen molar-refractivity contribution in [2.45, 2.75) is 13.8 Å². The van der Waals surface area contributed by atoms with E-state index in [2.05, 4.69) is 4.98 Å². The Morgan fingerprint density at radius 3 is 2.05 bits per heavy atom. The number of nitrogens with zero attached hydrogens (tertiary/aromatic N) is 1. The first-order chi connectivity index (χ1) is 10.0. The quantitative estimate of drug-likeness (QED) is 0.793. The maximum Gasteiger partial charge on any atom is 0.171 e. The Morgan fingerprint density at radius 2 is 1.67 bits per heavy atom. The first-order valence-corrected chi connectivity index (χ1v) is 7.12. The van der Waals surface area contributed by atoms with Crippen molar-refractivity contribution in [1.82, 2.24) is 4.98 Å². The van der Waals surface area contributed by atoms with Gasteiger partial charge in [0, 0.05) is 19.1 Å². The molecule has 2 aromatic rings. The fourth-order valence-corrected chi connectivity index (χ4v) is 3.06. The van der Waals surface area contributed by atoms with Crippen LogP contribution in [0.4, 0.5) is 0 Å². The van der Waals surface area contributed by atoms with Crippen molar-refractivity contribution in [3.05, 3.63) is 22.7 Å². The van der Waals surface area contributed by atoms with Gasteiger partial charge in [0.2, 0.25) is 0 Å². The molecule has 6 heteroatoms. The highest BCUT2D eigenvalue weighted by molar-refractivity contribution is 7.17. The minimum atomic E-state index is 0.00250. The molecule has 0 fully saturated rings. The fraction of sp³-hybridized carbons (Fsp3) is 0.333. The molecule has 0 saturated heterocycles. The van der Waals surface area contributed by atoms with Crippen molar-refractivity contribution >= 4 is 17.1 Å². The van der Waals surface area contributed by atoms with E-state index < -0.39 is 0 Å². The molecule has 0 unspecified atom stereocenters. The van der Waals surface area contributed by atoms with Gasteiger partial charge >= 0.3 is 0 Å². The summed E-state index contributed by atoms with van der Waals surface area (Å²) in [5, 5.41) is 0.689. The number of methoxy groups -OCH3 is 3. The predicted molar refractivity (Wildman–Crippen MR) is 81.9 cm³/mol. The molecule has 0 aliphatic carbocycles. The number of ether oxygens (including phenoxy) is 3. The van der Waals surface area contributed by atoms with Crippen LogP contribution in [-0.4, -0.2) is 32.1 Å². The summed E-state index contributed by atoms with van der Waals surface area (Å²) >= 11 is 1.33. The van der Waals surface area contributed by atoms with Gasteiger partial charge in [-0.05, 0) is 6.92 Å². The van der Waals surface area contributed by atoms with Crippen LogP contribution < -0.4 is 14.2 Å². The number of hydrogen-bond donors (Lipinski definition) is 0. The lowest BCUT2D eigenvalue weighted by Crippen LogP contribution is -1.95. The molecule has 0 aliphatic heterocycles. The van der Waals surface area contributed by atoms with Gasteiger partial charge in [0.1, 0.15) is 22.3 Å². The summed E-state index contributed by atoms with van der Waals surface area (Å²) in [6.07, 6.45) is 0. The summed E-state index contributed by atoms with van der Waals surface area (Å²) in [4.78, 5) is 16.7. The molecule has 5 nitrogen and oxygen atoms in total. The van der Waals surface area contributed by atoms with Gasteiger partial charge in [-0.3, -0.25) is 4.79 Å². The molecule has 0 atom stereocenters. The van der Waals surface area contributed by atoms with Crippen LogP contribution in [0.25, 0.3) is 10.6 Å². The zero-order valence-corrected chi connectivity index (χ0v) is 13.5. The van der Waals surface area contributed by atoms with E-state index >= 15 is 0 Å². The highest BCUT2D eigenvalue weighted by Gasteiger charge is 2.21. The smallest absolute Gasteiger partial charge is 0.171 e. The molecule has 0 spiro atoms. The van der Waals surface area contributed by atoms with Gasteiger partial charge < -0.3 is 14.2 Å². The Labute approximate surface area is 127 Å². The largest absolute Gasteiger partial charge is 0.496 e. The lowest BCUT2D eigenvalue weighted by molar-refractivity contribution is 0.102. The Hall–Kier alpha value is -2.08. The highest BCUT2D eigenvalue weighted by Crippen LogP contribution is 2.43. The van der Waals surface area contributed by atoms with Crippen LogP contribution in [0.2, 0.25) is 0 Å². The monoisotopic (exact) mass is 307 g/mol. The molecule has 0 aliphatic rings. The van der Waals surface area contributed by atoms with Crippen LogP contribution in [0.15, 0.2) is 12.1 Å². The second kappa shape index (κ2) is 6.13. The fourth-order valence-electron chi connectivity index (χ4n) is 2.05. The van der Waals surface area contributed by atoms with Gasteiger partial charge in [0.15, 0.2) is 5.78 Å². The molecule has 21 heavy (non-hydrogen) atoms. The third kappa shape index (κ3) is 2.85. The van der Waals surface area contributed by atoms with Gasteiger partial charge in [-0.1, -0.05) is 0 Å². The topological polar surface area (TPSA) is 57.7 Å². The summed E-state index contributed by atoms with van der Waals surface area (Å²) in [5.74, 6) is 1.82. The van der Waals surface area contributed by atoms with E-state index in [1.165, 1.54) is 18.3 Å². The molecular weight excluding hydrogens is 290 g/mol. The van der Waals surface area contributed by atoms with E-state index in [1.807, 2.05) is 6.92 Å². The molecule has 0 saturated carbocycles. The summed E-state index contributed by atoms with van der Waals surface area (Å²) in [7, 11) is 4.73. The molecule has 2 rings (SSSR count). The molecule has 0 radical (unpaired) electrons. The second-order valence-electron chi connectivity index (χ2n) is 4.40. The summed E-state index contributed by atoms with van der Waals surface area (Å²) in [5.41, 5.74) is 1.43. The number of hydrogen-bond acceptors (Lipinski definition) is 6. The lowest BCUT2D eigenvalue weighted by Gasteiger charge is -2.13. The normalized spacial score (nSPS) is 10.3. The second-order valence-corrected chi connectivity index (χ2v) is 5.40. The minimum absolute atomic E-state index is 0.00250. The van der Waals surface area contributed by atoms with E-state index in [9.17, 15) is 4.79 Å². The Bertz CT molecular complexity index is 653. The van der Waals surface area contributed by atoms with Gasteiger partial charge in [-0.2, -0.15) is 0 Å². The molecule has 1 aromatic carbocycles. The number of aryl methyl sites for hydroxylation is 1. The third-order valence-corrected chi connectivity index (χ3v) is 4.32. The van der Waals surface area contributed by atoms with Crippen LogP contribution in [-0.2, 0) is 0 Å². The zero-order valence-electron chi connectivity index (χ0n) is 12.6. The van der Waals surface area contributed by atoms with Crippen molar-refractivity contribution in [3.8, 4) is 27.8 Å². The van der Waals surface area contributed by atoms with E-state index in [1.54, 1.807) is 33.5 Å². The molecule has 0 bridgehead atoms. The summed E-state index contributed by atoms with van der Waals surface area (Å²) < 4.78 is 16.1. The van der Waals surface area contributed by atoms with E-state index in [-0.39, 0.29) is 5.78 Å². The molecule has 0 amide bonds. The lowest BCUT2D eigenvalue weighted by atomic mass is 10.1. The maximum atomic E-state index is 11.6. The van der Waals surface area contributed by atoms with Crippen molar-refractivity contribution in [3.63, 3.8) is 0 Å². The number of thiazole rings is 1. The number of ketones is 1. The molecular formula is C15H17NO4S.